The van der Waals surface area contributed by atoms with E-state index in [9.17, 15) is 0 Å². The van der Waals surface area contributed by atoms with E-state index in [1.165, 1.54) is 0 Å². The van der Waals surface area contributed by atoms with Crippen molar-refractivity contribution in [3.63, 3.8) is 0 Å². The zero-order valence-corrected chi connectivity index (χ0v) is 17.1. The maximum atomic E-state index is 6.17. The molecule has 1 saturated heterocycles. The number of halogens is 1. The summed E-state index contributed by atoms with van der Waals surface area (Å²) in [7, 11) is -0.356. The fourth-order valence-corrected chi connectivity index (χ4v) is 2.98. The topological polar surface area (TPSA) is 45.5 Å². The summed E-state index contributed by atoms with van der Waals surface area (Å²) in [6.45, 7) is 13.2. The molecule has 2 heterocycles. The molecule has 0 aliphatic carbocycles. The average Bonchev–Trinajstić information content (AvgIpc) is 2.94. The standard InChI is InChI=1S/C19H26BClN2O3/c1-13-17(21)14(2)23(22-13)11-12-24-16-9-7-15(8-10-16)20-25-18(3,4)19(5,6)26-20/h7-10H,11-12H2,1-6H3. The monoisotopic (exact) mass is 376 g/mol. The fraction of sp³-hybridized carbons (Fsp3) is 0.526. The predicted molar refractivity (Wildman–Crippen MR) is 104 cm³/mol. The van der Waals surface area contributed by atoms with Crippen LogP contribution >= 0.6 is 11.6 Å². The Morgan fingerprint density at radius 1 is 1.08 bits per heavy atom. The molecule has 1 aliphatic rings. The van der Waals surface area contributed by atoms with Crippen LogP contribution in [-0.2, 0) is 15.9 Å². The van der Waals surface area contributed by atoms with Gasteiger partial charge in [0.25, 0.3) is 0 Å². The number of benzene rings is 1. The van der Waals surface area contributed by atoms with Gasteiger partial charge < -0.3 is 14.0 Å². The molecule has 0 saturated carbocycles. The molecule has 3 rings (SSSR count). The Morgan fingerprint density at radius 2 is 1.65 bits per heavy atom. The first-order valence-electron chi connectivity index (χ1n) is 8.88. The van der Waals surface area contributed by atoms with E-state index in [0.717, 1.165) is 27.6 Å². The first-order valence-corrected chi connectivity index (χ1v) is 9.26. The molecule has 140 valence electrons. The normalized spacial score (nSPS) is 18.3. The van der Waals surface area contributed by atoms with Crippen LogP contribution < -0.4 is 10.2 Å². The van der Waals surface area contributed by atoms with Crippen LogP contribution in [0.25, 0.3) is 0 Å². The molecule has 0 N–H and O–H groups in total. The first kappa shape index (κ1) is 19.3. The number of hydrogen-bond acceptors (Lipinski definition) is 4. The average molecular weight is 377 g/mol. The number of aryl methyl sites for hydroxylation is 1. The molecule has 1 aromatic carbocycles. The Morgan fingerprint density at radius 3 is 2.15 bits per heavy atom. The maximum Gasteiger partial charge on any atom is 0.494 e. The van der Waals surface area contributed by atoms with Gasteiger partial charge in [-0.1, -0.05) is 23.7 Å². The van der Waals surface area contributed by atoms with Gasteiger partial charge in [0.2, 0.25) is 0 Å². The van der Waals surface area contributed by atoms with Crippen molar-refractivity contribution >= 4 is 24.2 Å². The van der Waals surface area contributed by atoms with E-state index in [4.69, 9.17) is 25.6 Å². The lowest BCUT2D eigenvalue weighted by Gasteiger charge is -2.32. The van der Waals surface area contributed by atoms with Crippen LogP contribution in [0.2, 0.25) is 5.02 Å². The summed E-state index contributed by atoms with van der Waals surface area (Å²) in [5, 5.41) is 5.13. The van der Waals surface area contributed by atoms with Crippen molar-refractivity contribution in [2.45, 2.75) is 59.3 Å². The zero-order chi connectivity index (χ0) is 19.1. The molecule has 0 bridgehead atoms. The number of rotatable bonds is 5. The quantitative estimate of drug-likeness (QED) is 0.749. The lowest BCUT2D eigenvalue weighted by Crippen LogP contribution is -2.41. The van der Waals surface area contributed by atoms with E-state index in [1.807, 2.05) is 42.8 Å². The van der Waals surface area contributed by atoms with E-state index in [-0.39, 0.29) is 18.3 Å². The highest BCUT2D eigenvalue weighted by Gasteiger charge is 2.51. The molecule has 2 aromatic rings. The van der Waals surface area contributed by atoms with Crippen molar-refractivity contribution in [3.8, 4) is 5.75 Å². The third-order valence-corrected chi connectivity index (χ3v) is 5.82. The van der Waals surface area contributed by atoms with E-state index in [1.54, 1.807) is 0 Å². The summed E-state index contributed by atoms with van der Waals surface area (Å²) in [5.74, 6) is 0.804. The van der Waals surface area contributed by atoms with Crippen molar-refractivity contribution in [2.75, 3.05) is 6.61 Å². The number of hydrogen-bond donors (Lipinski definition) is 0. The Balaban J connectivity index is 1.58. The summed E-state index contributed by atoms with van der Waals surface area (Å²) < 4.78 is 19.8. The summed E-state index contributed by atoms with van der Waals surface area (Å²) in [5.41, 5.74) is 2.11. The van der Waals surface area contributed by atoms with Gasteiger partial charge in [-0.05, 0) is 59.1 Å². The van der Waals surface area contributed by atoms with Crippen LogP contribution in [0.3, 0.4) is 0 Å². The molecule has 1 aliphatic heterocycles. The van der Waals surface area contributed by atoms with Crippen LogP contribution in [0.4, 0.5) is 0 Å². The van der Waals surface area contributed by atoms with Crippen molar-refractivity contribution in [3.05, 3.63) is 40.7 Å². The summed E-state index contributed by atoms with van der Waals surface area (Å²) in [4.78, 5) is 0. The minimum absolute atomic E-state index is 0.339. The lowest BCUT2D eigenvalue weighted by molar-refractivity contribution is 0.00578. The molecule has 0 amide bonds. The van der Waals surface area contributed by atoms with Gasteiger partial charge in [-0.3, -0.25) is 4.68 Å². The third-order valence-electron chi connectivity index (χ3n) is 5.27. The first-order chi connectivity index (χ1) is 12.1. The number of ether oxygens (including phenoxy) is 1. The molecule has 0 unspecified atom stereocenters. The van der Waals surface area contributed by atoms with Gasteiger partial charge in [0.1, 0.15) is 12.4 Å². The molecule has 1 aromatic heterocycles. The maximum absolute atomic E-state index is 6.17. The lowest BCUT2D eigenvalue weighted by atomic mass is 9.79. The number of aromatic nitrogens is 2. The van der Waals surface area contributed by atoms with Crippen LogP contribution in [-0.4, -0.2) is 34.7 Å². The van der Waals surface area contributed by atoms with Gasteiger partial charge >= 0.3 is 7.12 Å². The molecule has 0 atom stereocenters. The molecule has 1 fully saturated rings. The third kappa shape index (κ3) is 3.64. The molecular weight excluding hydrogens is 350 g/mol. The molecule has 26 heavy (non-hydrogen) atoms. The second-order valence-electron chi connectivity index (χ2n) is 7.71. The highest BCUT2D eigenvalue weighted by molar-refractivity contribution is 6.62. The second-order valence-corrected chi connectivity index (χ2v) is 8.09. The van der Waals surface area contributed by atoms with E-state index in [2.05, 4.69) is 32.8 Å². The van der Waals surface area contributed by atoms with Crippen molar-refractivity contribution in [1.82, 2.24) is 9.78 Å². The summed E-state index contributed by atoms with van der Waals surface area (Å²) in [6.07, 6.45) is 0. The van der Waals surface area contributed by atoms with E-state index in [0.29, 0.717) is 13.2 Å². The molecule has 5 nitrogen and oxygen atoms in total. The molecule has 0 radical (unpaired) electrons. The SMILES string of the molecule is Cc1nn(CCOc2ccc(B3OC(C)(C)C(C)(C)O3)cc2)c(C)c1Cl. The Labute approximate surface area is 160 Å². The Kier molecular flexibility index (Phi) is 5.12. The van der Waals surface area contributed by atoms with Crippen LogP contribution in [0.1, 0.15) is 39.1 Å². The summed E-state index contributed by atoms with van der Waals surface area (Å²) >= 11 is 6.17. The van der Waals surface area contributed by atoms with Crippen LogP contribution in [0.5, 0.6) is 5.75 Å². The van der Waals surface area contributed by atoms with Gasteiger partial charge in [-0.15, -0.1) is 0 Å². The van der Waals surface area contributed by atoms with Crippen LogP contribution in [0, 0.1) is 13.8 Å². The van der Waals surface area contributed by atoms with Gasteiger partial charge in [0, 0.05) is 0 Å². The van der Waals surface area contributed by atoms with E-state index >= 15 is 0 Å². The minimum Gasteiger partial charge on any atom is -0.492 e. The minimum atomic E-state index is -0.356. The Hall–Kier alpha value is -1.50. The fourth-order valence-electron chi connectivity index (χ4n) is 2.84. The highest BCUT2D eigenvalue weighted by Crippen LogP contribution is 2.36. The van der Waals surface area contributed by atoms with Crippen molar-refractivity contribution in [2.24, 2.45) is 0 Å². The van der Waals surface area contributed by atoms with Crippen molar-refractivity contribution < 1.29 is 14.0 Å². The van der Waals surface area contributed by atoms with Gasteiger partial charge in [-0.2, -0.15) is 5.10 Å². The van der Waals surface area contributed by atoms with Gasteiger partial charge in [0.05, 0.1) is 34.2 Å². The van der Waals surface area contributed by atoms with E-state index < -0.39 is 0 Å². The molecular formula is C19H26BClN2O3. The largest absolute Gasteiger partial charge is 0.494 e. The molecule has 7 heteroatoms. The van der Waals surface area contributed by atoms with Gasteiger partial charge in [0.15, 0.2) is 0 Å². The van der Waals surface area contributed by atoms with Crippen molar-refractivity contribution in [1.29, 1.82) is 0 Å². The highest BCUT2D eigenvalue weighted by atomic mass is 35.5. The van der Waals surface area contributed by atoms with Gasteiger partial charge in [-0.25, -0.2) is 0 Å². The second kappa shape index (κ2) is 6.91. The zero-order valence-electron chi connectivity index (χ0n) is 16.3. The smallest absolute Gasteiger partial charge is 0.492 e. The summed E-state index contributed by atoms with van der Waals surface area (Å²) in [6, 6.07) is 7.85. The van der Waals surface area contributed by atoms with Crippen LogP contribution in [0.15, 0.2) is 24.3 Å². The Bertz CT molecular complexity index is 771. The predicted octanol–water partition coefficient (Wildman–Crippen LogP) is 3.53. The molecule has 0 spiro atoms. The number of nitrogens with zero attached hydrogens (tertiary/aromatic N) is 2.